The van der Waals surface area contributed by atoms with Crippen molar-refractivity contribution in [2.45, 2.75) is 49.0 Å². The standard InChI is InChI=1S/C16H17FN2OS/c17-12-6-4-10-5-7-14(13(10)8-12)21-9-15-18-19-16(20-15)11-2-1-3-11/h4,6,8,11,14H,1-3,5,7,9H2/t14-/m0/s1. The van der Waals surface area contributed by atoms with E-state index in [1.807, 2.05) is 6.07 Å². The van der Waals surface area contributed by atoms with E-state index in [4.69, 9.17) is 4.42 Å². The van der Waals surface area contributed by atoms with Gasteiger partial charge in [0.25, 0.3) is 0 Å². The predicted molar refractivity (Wildman–Crippen MR) is 79.6 cm³/mol. The first kappa shape index (κ1) is 13.3. The summed E-state index contributed by atoms with van der Waals surface area (Å²) in [5.74, 6) is 2.55. The van der Waals surface area contributed by atoms with E-state index in [1.165, 1.54) is 24.8 Å². The van der Waals surface area contributed by atoms with Crippen molar-refractivity contribution in [2.75, 3.05) is 0 Å². The van der Waals surface area contributed by atoms with Crippen LogP contribution in [0.15, 0.2) is 22.6 Å². The van der Waals surface area contributed by atoms with E-state index in [0.29, 0.717) is 22.8 Å². The second-order valence-electron chi connectivity index (χ2n) is 5.84. The van der Waals surface area contributed by atoms with E-state index in [-0.39, 0.29) is 5.82 Å². The molecule has 0 unspecified atom stereocenters. The molecule has 5 heteroatoms. The first-order valence-corrected chi connectivity index (χ1v) is 8.56. The zero-order valence-corrected chi connectivity index (χ0v) is 12.5. The maximum absolute atomic E-state index is 13.4. The molecule has 110 valence electrons. The number of halogens is 1. The van der Waals surface area contributed by atoms with Crippen molar-refractivity contribution in [2.24, 2.45) is 0 Å². The van der Waals surface area contributed by atoms with Gasteiger partial charge in [-0.25, -0.2) is 4.39 Å². The van der Waals surface area contributed by atoms with Crippen LogP contribution in [0.4, 0.5) is 4.39 Å². The van der Waals surface area contributed by atoms with Crippen molar-refractivity contribution in [3.8, 4) is 0 Å². The highest BCUT2D eigenvalue weighted by Gasteiger charge is 2.26. The maximum atomic E-state index is 13.4. The second kappa shape index (κ2) is 5.44. The molecule has 0 saturated heterocycles. The molecular weight excluding hydrogens is 287 g/mol. The fraction of sp³-hybridized carbons (Fsp3) is 0.500. The molecule has 1 atom stereocenters. The Labute approximate surface area is 127 Å². The summed E-state index contributed by atoms with van der Waals surface area (Å²) in [5.41, 5.74) is 2.41. The molecule has 0 bridgehead atoms. The molecule has 2 aliphatic rings. The van der Waals surface area contributed by atoms with Crippen molar-refractivity contribution >= 4 is 11.8 Å². The lowest BCUT2D eigenvalue weighted by Crippen LogP contribution is -2.08. The molecule has 3 nitrogen and oxygen atoms in total. The van der Waals surface area contributed by atoms with Crippen LogP contribution in [0.2, 0.25) is 0 Å². The molecule has 1 fully saturated rings. The number of thioether (sulfide) groups is 1. The fourth-order valence-corrected chi connectivity index (χ4v) is 4.17. The van der Waals surface area contributed by atoms with E-state index in [9.17, 15) is 4.39 Å². The third-order valence-electron chi connectivity index (χ3n) is 4.48. The van der Waals surface area contributed by atoms with E-state index in [2.05, 4.69) is 10.2 Å². The first-order chi connectivity index (χ1) is 10.3. The summed E-state index contributed by atoms with van der Waals surface area (Å²) < 4.78 is 19.1. The molecule has 1 aromatic carbocycles. The van der Waals surface area contributed by atoms with Gasteiger partial charge in [-0.2, -0.15) is 0 Å². The van der Waals surface area contributed by atoms with Gasteiger partial charge in [-0.1, -0.05) is 12.5 Å². The summed E-state index contributed by atoms with van der Waals surface area (Å²) in [4.78, 5) is 0. The van der Waals surface area contributed by atoms with Gasteiger partial charge in [0, 0.05) is 11.2 Å². The van der Waals surface area contributed by atoms with Crippen LogP contribution in [0.5, 0.6) is 0 Å². The summed E-state index contributed by atoms with van der Waals surface area (Å²) in [5, 5.41) is 8.64. The quantitative estimate of drug-likeness (QED) is 0.839. The summed E-state index contributed by atoms with van der Waals surface area (Å²) >= 11 is 1.78. The highest BCUT2D eigenvalue weighted by molar-refractivity contribution is 7.98. The molecule has 21 heavy (non-hydrogen) atoms. The lowest BCUT2D eigenvalue weighted by atomic mass is 9.85. The van der Waals surface area contributed by atoms with Crippen LogP contribution >= 0.6 is 11.8 Å². The van der Waals surface area contributed by atoms with Gasteiger partial charge in [-0.05, 0) is 48.9 Å². The Morgan fingerprint density at radius 3 is 2.95 bits per heavy atom. The van der Waals surface area contributed by atoms with Gasteiger partial charge in [0.2, 0.25) is 11.8 Å². The van der Waals surface area contributed by atoms with E-state index < -0.39 is 0 Å². The predicted octanol–water partition coefficient (Wildman–Crippen LogP) is 4.40. The molecule has 1 heterocycles. The Morgan fingerprint density at radius 1 is 1.24 bits per heavy atom. The smallest absolute Gasteiger partial charge is 0.226 e. The Kier molecular flexibility index (Phi) is 3.45. The van der Waals surface area contributed by atoms with Gasteiger partial charge < -0.3 is 4.42 Å². The van der Waals surface area contributed by atoms with Crippen molar-refractivity contribution in [3.05, 3.63) is 46.9 Å². The second-order valence-corrected chi connectivity index (χ2v) is 7.03. The topological polar surface area (TPSA) is 38.9 Å². The molecule has 1 saturated carbocycles. The van der Waals surface area contributed by atoms with Crippen LogP contribution in [-0.4, -0.2) is 10.2 Å². The van der Waals surface area contributed by atoms with Crippen molar-refractivity contribution < 1.29 is 8.81 Å². The fourth-order valence-electron chi connectivity index (χ4n) is 3.03. The van der Waals surface area contributed by atoms with Crippen LogP contribution in [-0.2, 0) is 12.2 Å². The van der Waals surface area contributed by atoms with Gasteiger partial charge in [-0.3, -0.25) is 0 Å². The zero-order chi connectivity index (χ0) is 14.2. The number of aryl methyl sites for hydroxylation is 1. The monoisotopic (exact) mass is 304 g/mol. The van der Waals surface area contributed by atoms with Crippen molar-refractivity contribution in [3.63, 3.8) is 0 Å². The van der Waals surface area contributed by atoms with Crippen LogP contribution in [0, 0.1) is 5.82 Å². The highest BCUT2D eigenvalue weighted by atomic mass is 32.2. The Balaban J connectivity index is 1.41. The van der Waals surface area contributed by atoms with Gasteiger partial charge in [0.1, 0.15) is 5.82 Å². The Morgan fingerprint density at radius 2 is 2.14 bits per heavy atom. The van der Waals surface area contributed by atoms with E-state index in [0.717, 1.165) is 24.3 Å². The highest BCUT2D eigenvalue weighted by Crippen LogP contribution is 2.43. The Bertz CT molecular complexity index is 653. The number of benzene rings is 1. The maximum Gasteiger partial charge on any atom is 0.226 e. The largest absolute Gasteiger partial charge is 0.424 e. The molecule has 0 radical (unpaired) electrons. The van der Waals surface area contributed by atoms with Gasteiger partial charge >= 0.3 is 0 Å². The van der Waals surface area contributed by atoms with Crippen LogP contribution in [0.1, 0.15) is 59.8 Å². The molecule has 0 N–H and O–H groups in total. The summed E-state index contributed by atoms with van der Waals surface area (Å²) in [6, 6.07) is 5.13. The number of fused-ring (bicyclic) bond motifs is 1. The van der Waals surface area contributed by atoms with E-state index in [1.54, 1.807) is 23.9 Å². The molecule has 0 amide bonds. The van der Waals surface area contributed by atoms with Crippen molar-refractivity contribution in [1.82, 2.24) is 10.2 Å². The average molecular weight is 304 g/mol. The third-order valence-corrected chi connectivity index (χ3v) is 5.78. The van der Waals surface area contributed by atoms with Crippen molar-refractivity contribution in [1.29, 1.82) is 0 Å². The molecule has 1 aromatic heterocycles. The lowest BCUT2D eigenvalue weighted by Gasteiger charge is -2.20. The minimum Gasteiger partial charge on any atom is -0.424 e. The molecule has 4 rings (SSSR count). The summed E-state index contributed by atoms with van der Waals surface area (Å²) in [7, 11) is 0. The SMILES string of the molecule is Fc1ccc2c(c1)[C@@H](SCc1nnc(C3CCC3)o1)CC2. The average Bonchev–Trinajstić information content (AvgIpc) is 3.01. The third kappa shape index (κ3) is 2.59. The number of nitrogens with zero attached hydrogens (tertiary/aromatic N) is 2. The van der Waals surface area contributed by atoms with Gasteiger partial charge in [0.05, 0.1) is 5.75 Å². The summed E-state index contributed by atoms with van der Waals surface area (Å²) in [6.07, 6.45) is 5.70. The normalized spacial score (nSPS) is 21.3. The first-order valence-electron chi connectivity index (χ1n) is 7.52. The summed E-state index contributed by atoms with van der Waals surface area (Å²) in [6.45, 7) is 0. The number of rotatable bonds is 4. The van der Waals surface area contributed by atoms with Gasteiger partial charge in [-0.15, -0.1) is 22.0 Å². The van der Waals surface area contributed by atoms with Crippen LogP contribution in [0.3, 0.4) is 0 Å². The molecular formula is C16H17FN2OS. The number of aromatic nitrogens is 2. The molecule has 2 aliphatic carbocycles. The molecule has 0 aliphatic heterocycles. The lowest BCUT2D eigenvalue weighted by molar-refractivity contribution is 0.328. The molecule has 0 spiro atoms. The Hall–Kier alpha value is -1.36. The molecule has 2 aromatic rings. The number of hydrogen-bond donors (Lipinski definition) is 0. The van der Waals surface area contributed by atoms with Crippen LogP contribution < -0.4 is 0 Å². The van der Waals surface area contributed by atoms with E-state index >= 15 is 0 Å². The zero-order valence-electron chi connectivity index (χ0n) is 11.7. The number of hydrogen-bond acceptors (Lipinski definition) is 4. The minimum atomic E-state index is -0.147. The van der Waals surface area contributed by atoms with Crippen LogP contribution in [0.25, 0.3) is 0 Å². The minimum absolute atomic E-state index is 0.147. The van der Waals surface area contributed by atoms with Gasteiger partial charge in [0.15, 0.2) is 0 Å².